The first-order valence-electron chi connectivity index (χ1n) is 1.19. The van der Waals surface area contributed by atoms with E-state index in [4.69, 9.17) is 0 Å². The summed E-state index contributed by atoms with van der Waals surface area (Å²) < 4.78 is 4.36. The Morgan fingerprint density at radius 3 is 1.83 bits per heavy atom. The number of aromatic nitrogens is 2. The average Bonchev–Trinajstić information content (AvgIpc) is 1.76. The van der Waals surface area contributed by atoms with Gasteiger partial charge < -0.3 is 4.42 Å². The molecule has 0 N–H and O–H groups in total. The lowest BCUT2D eigenvalue weighted by Gasteiger charge is -1.44. The molecular weight excluding hydrogens is 80.0 g/mol. The van der Waals surface area contributed by atoms with Gasteiger partial charge in [0.05, 0.1) is 0 Å². The zero-order valence-electron chi connectivity index (χ0n) is 2.46. The third kappa shape index (κ3) is 0.839. The first-order chi connectivity index (χ1) is 2.50. The smallest absolute Gasteiger partial charge is 0.203 e. The highest BCUT2D eigenvalue weighted by Gasteiger charge is 1.60. The van der Waals surface area contributed by atoms with Gasteiger partial charge in [-0.2, -0.15) is 0 Å². The van der Waals surface area contributed by atoms with Gasteiger partial charge in [-0.05, 0) is 0 Å². The predicted octanol–water partition coefficient (Wildman–Crippen LogP) is 0.706. The fraction of sp³-hybridized carbons (Fsp3) is 0.333. The maximum atomic E-state index is 4.36. The maximum Gasteiger partial charge on any atom is 0.203 e. The number of hydrogen-bond donors (Lipinski definition) is 0. The molecule has 0 fully saturated rings. The predicted molar refractivity (Wildman–Crippen MR) is 21.0 cm³/mol. The van der Waals surface area contributed by atoms with Gasteiger partial charge in [0.25, 0.3) is 0 Å². The van der Waals surface area contributed by atoms with Crippen molar-refractivity contribution in [1.29, 1.82) is 0 Å². The Morgan fingerprint density at radius 1 is 1.17 bits per heavy atom. The van der Waals surface area contributed by atoms with Gasteiger partial charge in [0.2, 0.25) is 12.8 Å². The molecule has 1 aromatic heterocycles. The summed E-state index contributed by atoms with van der Waals surface area (Å²) in [6.45, 7) is 0. The summed E-state index contributed by atoms with van der Waals surface area (Å²) in [6, 6.07) is 0. The highest BCUT2D eigenvalue weighted by Crippen LogP contribution is 1.64. The van der Waals surface area contributed by atoms with E-state index < -0.39 is 0 Å². The first kappa shape index (κ1) is 5.14. The SMILES string of the molecule is C.c1nnco1. The molecule has 0 saturated heterocycles. The lowest BCUT2D eigenvalue weighted by atomic mass is 11.5. The van der Waals surface area contributed by atoms with Crippen LogP contribution in [0.1, 0.15) is 7.43 Å². The Labute approximate surface area is 36.0 Å². The van der Waals surface area contributed by atoms with Crippen LogP contribution in [0, 0.1) is 0 Å². The fourth-order valence-corrected chi connectivity index (χ4v) is 0.136. The molecule has 1 heterocycles. The quantitative estimate of drug-likeness (QED) is 0.466. The Bertz CT molecular complexity index is 65.3. The van der Waals surface area contributed by atoms with Crippen molar-refractivity contribution >= 4 is 0 Å². The topological polar surface area (TPSA) is 38.9 Å². The van der Waals surface area contributed by atoms with Crippen molar-refractivity contribution in [3.63, 3.8) is 0 Å². The largest absolute Gasteiger partial charge is 0.431 e. The van der Waals surface area contributed by atoms with E-state index >= 15 is 0 Å². The molecule has 0 aliphatic rings. The second-order valence-corrected chi connectivity index (χ2v) is 0.578. The summed E-state index contributed by atoms with van der Waals surface area (Å²) in [6.07, 6.45) is 2.53. The van der Waals surface area contributed by atoms with Crippen LogP contribution in [0.3, 0.4) is 0 Å². The minimum Gasteiger partial charge on any atom is -0.431 e. The molecule has 3 heteroatoms. The van der Waals surface area contributed by atoms with Crippen molar-refractivity contribution in [3.05, 3.63) is 12.8 Å². The molecule has 1 aromatic rings. The van der Waals surface area contributed by atoms with Crippen LogP contribution in [-0.2, 0) is 0 Å². The highest BCUT2D eigenvalue weighted by atomic mass is 16.3. The van der Waals surface area contributed by atoms with Crippen LogP contribution in [0.2, 0.25) is 0 Å². The molecule has 0 bridgehead atoms. The van der Waals surface area contributed by atoms with E-state index in [2.05, 4.69) is 14.6 Å². The zero-order valence-corrected chi connectivity index (χ0v) is 2.46. The van der Waals surface area contributed by atoms with Gasteiger partial charge in [0.1, 0.15) is 0 Å². The van der Waals surface area contributed by atoms with Crippen molar-refractivity contribution in [2.24, 2.45) is 0 Å². The Balaban J connectivity index is 0.000000250. The van der Waals surface area contributed by atoms with Gasteiger partial charge in [-0.15, -0.1) is 10.2 Å². The molecule has 0 unspecified atom stereocenters. The van der Waals surface area contributed by atoms with Crippen molar-refractivity contribution in [3.8, 4) is 0 Å². The molecule has 0 saturated carbocycles. The third-order valence-electron chi connectivity index (χ3n) is 0.283. The average molecular weight is 86.1 g/mol. The van der Waals surface area contributed by atoms with Crippen LogP contribution in [-0.4, -0.2) is 10.2 Å². The van der Waals surface area contributed by atoms with Crippen molar-refractivity contribution in [1.82, 2.24) is 10.2 Å². The van der Waals surface area contributed by atoms with Gasteiger partial charge in [0.15, 0.2) is 0 Å². The van der Waals surface area contributed by atoms with Gasteiger partial charge in [-0.1, -0.05) is 7.43 Å². The van der Waals surface area contributed by atoms with Crippen LogP contribution in [0.4, 0.5) is 0 Å². The maximum absolute atomic E-state index is 4.36. The summed E-state index contributed by atoms with van der Waals surface area (Å²) in [5.41, 5.74) is 0. The van der Waals surface area contributed by atoms with E-state index in [0.717, 1.165) is 0 Å². The summed E-state index contributed by atoms with van der Waals surface area (Å²) in [5.74, 6) is 0. The molecule has 0 aromatic carbocycles. The second-order valence-electron chi connectivity index (χ2n) is 0.578. The summed E-state index contributed by atoms with van der Waals surface area (Å²) in [5, 5.41) is 6.61. The normalized spacial score (nSPS) is 6.67. The molecule has 0 atom stereocenters. The molecule has 34 valence electrons. The summed E-state index contributed by atoms with van der Waals surface area (Å²) in [4.78, 5) is 0. The monoisotopic (exact) mass is 86.0 g/mol. The Hall–Kier alpha value is -0.860. The second kappa shape index (κ2) is 2.38. The van der Waals surface area contributed by atoms with Crippen LogP contribution in [0.15, 0.2) is 17.2 Å². The lowest BCUT2D eigenvalue weighted by Crippen LogP contribution is -1.53. The van der Waals surface area contributed by atoms with Crippen molar-refractivity contribution < 1.29 is 4.42 Å². The van der Waals surface area contributed by atoms with E-state index in [1.54, 1.807) is 0 Å². The number of hydrogen-bond acceptors (Lipinski definition) is 3. The molecule has 0 aliphatic heterocycles. The molecule has 6 heavy (non-hydrogen) atoms. The molecular formula is C3H6N2O. The highest BCUT2D eigenvalue weighted by molar-refractivity contribution is 4.29. The van der Waals surface area contributed by atoms with E-state index in [1.807, 2.05) is 0 Å². The minimum absolute atomic E-state index is 0. The van der Waals surface area contributed by atoms with Crippen LogP contribution >= 0.6 is 0 Å². The van der Waals surface area contributed by atoms with Gasteiger partial charge in [0, 0.05) is 0 Å². The zero-order chi connectivity index (χ0) is 3.54. The molecule has 3 nitrogen and oxygen atoms in total. The van der Waals surface area contributed by atoms with Gasteiger partial charge >= 0.3 is 0 Å². The van der Waals surface area contributed by atoms with Crippen LogP contribution < -0.4 is 0 Å². The lowest BCUT2D eigenvalue weighted by molar-refractivity contribution is 0.553. The van der Waals surface area contributed by atoms with Crippen LogP contribution in [0.5, 0.6) is 0 Å². The van der Waals surface area contributed by atoms with Gasteiger partial charge in [-0.3, -0.25) is 0 Å². The number of rotatable bonds is 0. The van der Waals surface area contributed by atoms with Crippen LogP contribution in [0.25, 0.3) is 0 Å². The first-order valence-corrected chi connectivity index (χ1v) is 1.19. The molecule has 1 rings (SSSR count). The van der Waals surface area contributed by atoms with E-state index in [1.165, 1.54) is 12.8 Å². The van der Waals surface area contributed by atoms with E-state index in [0.29, 0.717) is 0 Å². The molecule has 0 spiro atoms. The molecule has 0 amide bonds. The standard InChI is InChI=1S/C2H2N2O.CH4/c1-3-4-2-5-1;/h1-2H;1H4. The minimum atomic E-state index is 0. The Kier molecular flexibility index (Phi) is 2.04. The Morgan fingerprint density at radius 2 is 1.67 bits per heavy atom. The third-order valence-corrected chi connectivity index (χ3v) is 0.283. The summed E-state index contributed by atoms with van der Waals surface area (Å²) in [7, 11) is 0. The molecule has 0 aliphatic carbocycles. The summed E-state index contributed by atoms with van der Waals surface area (Å²) >= 11 is 0. The van der Waals surface area contributed by atoms with Gasteiger partial charge in [-0.25, -0.2) is 0 Å². The van der Waals surface area contributed by atoms with E-state index in [9.17, 15) is 0 Å². The number of nitrogens with zero attached hydrogens (tertiary/aromatic N) is 2. The molecule has 0 radical (unpaired) electrons. The van der Waals surface area contributed by atoms with E-state index in [-0.39, 0.29) is 7.43 Å². The van der Waals surface area contributed by atoms with Crippen molar-refractivity contribution in [2.75, 3.05) is 0 Å². The fourth-order valence-electron chi connectivity index (χ4n) is 0.136. The van der Waals surface area contributed by atoms with Crippen molar-refractivity contribution in [2.45, 2.75) is 7.43 Å².